The monoisotopic (exact) mass is 348 g/mol. The average Bonchev–Trinajstić information content (AvgIpc) is 2.32. The van der Waals surface area contributed by atoms with Crippen LogP contribution in [-0.2, 0) is 20.4 Å². The fourth-order valence-electron chi connectivity index (χ4n) is 2.16. The second-order valence-electron chi connectivity index (χ2n) is 5.78. The lowest BCUT2D eigenvalue weighted by Crippen LogP contribution is -2.48. The summed E-state index contributed by atoms with van der Waals surface area (Å²) in [4.78, 5) is 12.2. The van der Waals surface area contributed by atoms with E-state index in [1.54, 1.807) is 32.0 Å². The Hall–Kier alpha value is -1.11. The fourth-order valence-corrected chi connectivity index (χ4v) is 3.03. The minimum Gasteiger partial charge on any atom is -0.324 e. The number of benzene rings is 1. The Morgan fingerprint density at radius 2 is 1.95 bits per heavy atom. The van der Waals surface area contributed by atoms with Crippen LogP contribution in [0.2, 0.25) is 0 Å². The van der Waals surface area contributed by atoms with Crippen molar-refractivity contribution in [1.29, 1.82) is 0 Å². The summed E-state index contributed by atoms with van der Waals surface area (Å²) in [5, 5.41) is 2.80. The molecule has 0 radical (unpaired) electrons. The first-order valence-corrected chi connectivity index (χ1v) is 8.99. The number of hydrogen-bond acceptors (Lipinski definition) is 4. The Balaban J connectivity index is 0.00000441. The van der Waals surface area contributed by atoms with E-state index in [0.29, 0.717) is 17.7 Å². The van der Waals surface area contributed by atoms with Crippen LogP contribution in [0.4, 0.5) is 5.69 Å². The number of carbonyl (C=O) groups excluding carboxylic acids is 1. The second-order valence-corrected chi connectivity index (χ2v) is 7.92. The van der Waals surface area contributed by atoms with Gasteiger partial charge in [-0.1, -0.05) is 25.5 Å². The van der Waals surface area contributed by atoms with Gasteiger partial charge in [0.2, 0.25) is 5.91 Å². The summed E-state index contributed by atoms with van der Waals surface area (Å²) in [6.45, 7) is 5.46. The number of sulfone groups is 1. The largest absolute Gasteiger partial charge is 0.324 e. The Kier molecular flexibility index (Phi) is 7.54. The summed E-state index contributed by atoms with van der Waals surface area (Å²) in [5.41, 5.74) is 7.11. The molecule has 0 aromatic heterocycles. The van der Waals surface area contributed by atoms with Gasteiger partial charge in [-0.15, -0.1) is 12.4 Å². The summed E-state index contributed by atoms with van der Waals surface area (Å²) in [7, 11) is -3.12. The Bertz CT molecular complexity index is 628. The average molecular weight is 349 g/mol. The zero-order valence-electron chi connectivity index (χ0n) is 13.5. The molecule has 1 rings (SSSR count). The van der Waals surface area contributed by atoms with Crippen molar-refractivity contribution in [3.05, 3.63) is 29.3 Å². The normalized spacial score (nSPS) is 13.9. The first kappa shape index (κ1) is 20.9. The molecule has 1 aromatic carbocycles. The standard InChI is InChI=1S/C15H24N2O3S.ClH/c1-5-9-15(3,16)14(18)17-13-8-6-7-12(11(13)2)10-21(4,19)20;/h6-8H,5,9-10,16H2,1-4H3,(H,17,18);1H. The topological polar surface area (TPSA) is 89.3 Å². The van der Waals surface area contributed by atoms with E-state index in [-0.39, 0.29) is 24.1 Å². The van der Waals surface area contributed by atoms with Gasteiger partial charge in [-0.05, 0) is 37.5 Å². The highest BCUT2D eigenvalue weighted by molar-refractivity contribution is 7.89. The van der Waals surface area contributed by atoms with Crippen molar-refractivity contribution in [2.24, 2.45) is 5.73 Å². The molecule has 1 atom stereocenters. The van der Waals surface area contributed by atoms with Crippen molar-refractivity contribution in [2.75, 3.05) is 11.6 Å². The fraction of sp³-hybridized carbons (Fsp3) is 0.533. The predicted molar refractivity (Wildman–Crippen MR) is 93.1 cm³/mol. The highest BCUT2D eigenvalue weighted by Crippen LogP contribution is 2.22. The molecule has 0 spiro atoms. The third-order valence-corrected chi connectivity index (χ3v) is 4.24. The molecule has 0 heterocycles. The van der Waals surface area contributed by atoms with Crippen LogP contribution in [0.25, 0.3) is 0 Å². The quantitative estimate of drug-likeness (QED) is 0.826. The molecule has 0 saturated carbocycles. The van der Waals surface area contributed by atoms with Gasteiger partial charge >= 0.3 is 0 Å². The summed E-state index contributed by atoms with van der Waals surface area (Å²) >= 11 is 0. The highest BCUT2D eigenvalue weighted by atomic mass is 35.5. The summed E-state index contributed by atoms with van der Waals surface area (Å²) in [5.74, 6) is -0.304. The van der Waals surface area contributed by atoms with Crippen molar-refractivity contribution in [1.82, 2.24) is 0 Å². The lowest BCUT2D eigenvalue weighted by atomic mass is 9.96. The third-order valence-electron chi connectivity index (χ3n) is 3.40. The van der Waals surface area contributed by atoms with Crippen LogP contribution >= 0.6 is 12.4 Å². The van der Waals surface area contributed by atoms with E-state index in [0.717, 1.165) is 12.0 Å². The molecule has 7 heteroatoms. The van der Waals surface area contributed by atoms with Gasteiger partial charge in [-0.3, -0.25) is 4.79 Å². The maximum atomic E-state index is 12.2. The lowest BCUT2D eigenvalue weighted by molar-refractivity contribution is -0.120. The van der Waals surface area contributed by atoms with Crippen molar-refractivity contribution < 1.29 is 13.2 Å². The molecule has 1 amide bonds. The van der Waals surface area contributed by atoms with Crippen LogP contribution in [0.3, 0.4) is 0 Å². The van der Waals surface area contributed by atoms with Gasteiger partial charge in [0.25, 0.3) is 0 Å². The number of amides is 1. The summed E-state index contributed by atoms with van der Waals surface area (Å²) in [6, 6.07) is 5.23. The van der Waals surface area contributed by atoms with Crippen molar-refractivity contribution in [2.45, 2.75) is 44.9 Å². The van der Waals surface area contributed by atoms with Crippen LogP contribution in [0.1, 0.15) is 37.8 Å². The molecule has 0 bridgehead atoms. The molecule has 0 fully saturated rings. The molecule has 0 aliphatic rings. The van der Waals surface area contributed by atoms with E-state index in [4.69, 9.17) is 5.73 Å². The number of nitrogens with one attached hydrogen (secondary N) is 1. The highest BCUT2D eigenvalue weighted by Gasteiger charge is 2.27. The number of carbonyl (C=O) groups is 1. The number of rotatable bonds is 6. The smallest absolute Gasteiger partial charge is 0.244 e. The molecular formula is C15H25ClN2O3S. The Morgan fingerprint density at radius 3 is 2.45 bits per heavy atom. The van der Waals surface area contributed by atoms with Crippen molar-refractivity contribution in [3.63, 3.8) is 0 Å². The molecule has 5 nitrogen and oxygen atoms in total. The van der Waals surface area contributed by atoms with Gasteiger partial charge in [0, 0.05) is 11.9 Å². The van der Waals surface area contributed by atoms with E-state index in [2.05, 4.69) is 5.32 Å². The Labute approximate surface area is 139 Å². The third kappa shape index (κ3) is 5.94. The molecule has 0 aliphatic heterocycles. The van der Waals surface area contributed by atoms with E-state index >= 15 is 0 Å². The molecular weight excluding hydrogens is 324 g/mol. The van der Waals surface area contributed by atoms with Gasteiger partial charge in [-0.2, -0.15) is 0 Å². The molecule has 3 N–H and O–H groups in total. The molecule has 0 saturated heterocycles. The number of hydrogen-bond donors (Lipinski definition) is 2. The second kappa shape index (κ2) is 7.94. The molecule has 1 aromatic rings. The van der Waals surface area contributed by atoms with Crippen molar-refractivity contribution in [3.8, 4) is 0 Å². The maximum absolute atomic E-state index is 12.2. The minimum atomic E-state index is -3.12. The van der Waals surface area contributed by atoms with E-state index < -0.39 is 15.4 Å². The molecule has 126 valence electrons. The zero-order valence-corrected chi connectivity index (χ0v) is 15.1. The van der Waals surface area contributed by atoms with Crippen LogP contribution in [-0.4, -0.2) is 26.1 Å². The van der Waals surface area contributed by atoms with Gasteiger partial charge in [0.1, 0.15) is 0 Å². The zero-order chi connectivity index (χ0) is 16.3. The minimum absolute atomic E-state index is 0. The van der Waals surface area contributed by atoms with E-state index in [1.807, 2.05) is 6.92 Å². The molecule has 1 unspecified atom stereocenters. The van der Waals surface area contributed by atoms with E-state index in [1.165, 1.54) is 6.26 Å². The Morgan fingerprint density at radius 1 is 1.36 bits per heavy atom. The van der Waals surface area contributed by atoms with Crippen LogP contribution in [0, 0.1) is 6.92 Å². The SMILES string of the molecule is CCCC(C)(N)C(=O)Nc1cccc(CS(C)(=O)=O)c1C.Cl. The van der Waals surface area contributed by atoms with E-state index in [9.17, 15) is 13.2 Å². The first-order chi connectivity index (χ1) is 9.57. The molecule has 0 aliphatic carbocycles. The summed E-state index contributed by atoms with van der Waals surface area (Å²) in [6.07, 6.45) is 2.59. The van der Waals surface area contributed by atoms with Gasteiger partial charge in [0.15, 0.2) is 9.84 Å². The number of anilines is 1. The van der Waals surface area contributed by atoms with Crippen LogP contribution < -0.4 is 11.1 Å². The van der Waals surface area contributed by atoms with Crippen LogP contribution in [0.5, 0.6) is 0 Å². The van der Waals surface area contributed by atoms with Crippen LogP contribution in [0.15, 0.2) is 18.2 Å². The van der Waals surface area contributed by atoms with Gasteiger partial charge in [0.05, 0.1) is 11.3 Å². The lowest BCUT2D eigenvalue weighted by Gasteiger charge is -2.23. The number of nitrogens with two attached hydrogens (primary N) is 1. The summed E-state index contributed by atoms with van der Waals surface area (Å²) < 4.78 is 22.8. The molecule has 22 heavy (non-hydrogen) atoms. The maximum Gasteiger partial charge on any atom is 0.244 e. The van der Waals surface area contributed by atoms with Crippen molar-refractivity contribution >= 4 is 33.8 Å². The predicted octanol–water partition coefficient (Wildman–Crippen LogP) is 2.42. The number of halogens is 1. The van der Waals surface area contributed by atoms with Gasteiger partial charge < -0.3 is 11.1 Å². The first-order valence-electron chi connectivity index (χ1n) is 6.93. The van der Waals surface area contributed by atoms with Gasteiger partial charge in [-0.25, -0.2) is 8.42 Å².